The molecule has 0 unspecified atom stereocenters. The second-order valence-corrected chi connectivity index (χ2v) is 7.59. The van der Waals surface area contributed by atoms with E-state index in [4.69, 9.17) is 4.18 Å². The lowest BCUT2D eigenvalue weighted by Crippen LogP contribution is -2.40. The number of carbonyl (C=O) groups is 1. The van der Waals surface area contributed by atoms with Gasteiger partial charge < -0.3 is 13.5 Å². The Morgan fingerprint density at radius 2 is 1.46 bits per heavy atom. The predicted octanol–water partition coefficient (Wildman–Crippen LogP) is 1.50. The maximum absolute atomic E-state index is 13.2. The van der Waals surface area contributed by atoms with Crippen LogP contribution in [0.3, 0.4) is 0 Å². The summed E-state index contributed by atoms with van der Waals surface area (Å²) in [6.45, 7) is 0. The van der Waals surface area contributed by atoms with Gasteiger partial charge in [0, 0.05) is 0 Å². The number of rotatable bonds is 6. The maximum atomic E-state index is 13.2. The highest BCUT2D eigenvalue weighted by molar-refractivity contribution is 7.87. The van der Waals surface area contributed by atoms with E-state index < -0.39 is 42.1 Å². The Hall–Kier alpha value is -2.57. The number of para-hydroxylation sites is 2. The molecule has 0 atom stereocenters. The van der Waals surface area contributed by atoms with Gasteiger partial charge in [0.25, 0.3) is 0 Å². The Morgan fingerprint density at radius 3 is 2.04 bits per heavy atom. The van der Waals surface area contributed by atoms with Gasteiger partial charge in [0.15, 0.2) is 15.9 Å². The molecule has 0 aliphatic rings. The topological polar surface area (TPSA) is 127 Å². The van der Waals surface area contributed by atoms with Gasteiger partial charge in [0.1, 0.15) is 10.6 Å². The molecule has 0 aliphatic carbocycles. The third kappa shape index (κ3) is 4.15. The van der Waals surface area contributed by atoms with Gasteiger partial charge in [0.05, 0.1) is 0 Å². The zero-order valence-corrected chi connectivity index (χ0v) is 14.2. The smallest absolute Gasteiger partial charge is 0.429 e. The van der Waals surface area contributed by atoms with Crippen molar-refractivity contribution < 1.29 is 43.9 Å². The van der Waals surface area contributed by atoms with E-state index in [1.54, 1.807) is 6.07 Å². The lowest BCUT2D eigenvalue weighted by molar-refractivity contribution is -0.151. The Labute approximate surface area is 146 Å². The first-order valence-electron chi connectivity index (χ1n) is 6.59. The number of esters is 1. The molecule has 140 valence electrons. The van der Waals surface area contributed by atoms with Crippen LogP contribution in [0.5, 0.6) is 11.5 Å². The molecule has 0 bridgehead atoms. The van der Waals surface area contributed by atoms with Crippen molar-refractivity contribution in [3.05, 3.63) is 54.6 Å². The summed E-state index contributed by atoms with van der Waals surface area (Å²) in [5, 5.41) is -5.40. The lowest BCUT2D eigenvalue weighted by Gasteiger charge is -2.18. The van der Waals surface area contributed by atoms with Crippen molar-refractivity contribution in [3.63, 3.8) is 0 Å². The van der Waals surface area contributed by atoms with Gasteiger partial charge in [-0.1, -0.05) is 30.3 Å². The highest BCUT2D eigenvalue weighted by Gasteiger charge is 2.49. The molecular formula is C14H9F2O8S2-. The minimum absolute atomic E-state index is 0.110. The van der Waals surface area contributed by atoms with Crippen LogP contribution in [0.1, 0.15) is 0 Å². The van der Waals surface area contributed by atoms with Crippen molar-refractivity contribution in [3.8, 4) is 11.5 Å². The van der Waals surface area contributed by atoms with Crippen LogP contribution in [-0.4, -0.2) is 32.6 Å². The molecule has 0 spiro atoms. The van der Waals surface area contributed by atoms with Crippen LogP contribution in [-0.2, 0) is 25.0 Å². The summed E-state index contributed by atoms with van der Waals surface area (Å²) in [4.78, 5) is 10.5. The van der Waals surface area contributed by atoms with Crippen molar-refractivity contribution in [1.29, 1.82) is 0 Å². The third-order valence-corrected chi connectivity index (χ3v) is 4.90. The Bertz CT molecular complexity index is 1020. The van der Waals surface area contributed by atoms with Gasteiger partial charge in [-0.15, -0.1) is 0 Å². The molecule has 0 radical (unpaired) electrons. The molecule has 0 heterocycles. The molecule has 2 rings (SSSR count). The van der Waals surface area contributed by atoms with Crippen LogP contribution in [0.2, 0.25) is 0 Å². The number of hydrogen-bond donors (Lipinski definition) is 0. The van der Waals surface area contributed by atoms with E-state index in [0.29, 0.717) is 0 Å². The van der Waals surface area contributed by atoms with Gasteiger partial charge in [-0.25, -0.2) is 13.2 Å². The highest BCUT2D eigenvalue weighted by atomic mass is 32.2. The second-order valence-electron chi connectivity index (χ2n) is 4.66. The van der Waals surface area contributed by atoms with E-state index in [9.17, 15) is 35.0 Å². The summed E-state index contributed by atoms with van der Waals surface area (Å²) in [5.74, 6) is -3.78. The summed E-state index contributed by atoms with van der Waals surface area (Å²) < 4.78 is 91.3. The monoisotopic (exact) mass is 407 g/mol. The van der Waals surface area contributed by atoms with Crippen molar-refractivity contribution >= 4 is 26.2 Å². The zero-order chi connectivity index (χ0) is 19.6. The van der Waals surface area contributed by atoms with E-state index in [0.717, 1.165) is 18.2 Å². The van der Waals surface area contributed by atoms with Crippen LogP contribution in [0.15, 0.2) is 59.5 Å². The first-order chi connectivity index (χ1) is 11.9. The standard InChI is InChI=1S/C14H10F2O8S2/c15-14(16,26(20,21)22)13(17)23-11-8-4-5-9-12(11)25(18,19)24-10-6-2-1-3-7-10/h1-9H,(H,20,21,22)/p-1. The quantitative estimate of drug-likeness (QED) is 0.305. The van der Waals surface area contributed by atoms with Crippen LogP contribution in [0, 0.1) is 0 Å². The molecule has 0 fully saturated rings. The maximum Gasteiger partial charge on any atom is 0.429 e. The van der Waals surface area contributed by atoms with Gasteiger partial charge in [-0.2, -0.15) is 17.2 Å². The molecule has 8 nitrogen and oxygen atoms in total. The van der Waals surface area contributed by atoms with E-state index in [-0.39, 0.29) is 5.75 Å². The average Bonchev–Trinajstić information content (AvgIpc) is 2.54. The van der Waals surface area contributed by atoms with Crippen molar-refractivity contribution in [2.45, 2.75) is 10.2 Å². The summed E-state index contributed by atoms with van der Waals surface area (Å²) >= 11 is 0. The fourth-order valence-corrected chi connectivity index (χ4v) is 2.95. The number of hydrogen-bond acceptors (Lipinski definition) is 8. The van der Waals surface area contributed by atoms with E-state index >= 15 is 0 Å². The van der Waals surface area contributed by atoms with Crippen molar-refractivity contribution in [2.75, 3.05) is 0 Å². The largest absolute Gasteiger partial charge is 0.743 e. The van der Waals surface area contributed by atoms with Crippen LogP contribution < -0.4 is 8.92 Å². The number of carbonyl (C=O) groups excluding carboxylic acids is 1. The summed E-state index contributed by atoms with van der Waals surface area (Å²) in [6.07, 6.45) is 0. The third-order valence-electron chi connectivity index (χ3n) is 2.82. The molecule has 0 amide bonds. The Morgan fingerprint density at radius 1 is 0.923 bits per heavy atom. The van der Waals surface area contributed by atoms with Gasteiger partial charge in [0.2, 0.25) is 0 Å². The first-order valence-corrected chi connectivity index (χ1v) is 9.41. The number of alkyl halides is 2. The predicted molar refractivity (Wildman–Crippen MR) is 81.0 cm³/mol. The highest BCUT2D eigenvalue weighted by Crippen LogP contribution is 2.30. The minimum atomic E-state index is -6.36. The van der Waals surface area contributed by atoms with Crippen LogP contribution in [0.25, 0.3) is 0 Å². The van der Waals surface area contributed by atoms with Crippen molar-refractivity contribution in [1.82, 2.24) is 0 Å². The minimum Gasteiger partial charge on any atom is -0.743 e. The van der Waals surface area contributed by atoms with Gasteiger partial charge in [-0.3, -0.25) is 0 Å². The summed E-state index contributed by atoms with van der Waals surface area (Å²) in [5.41, 5.74) is 0. The van der Waals surface area contributed by atoms with E-state index in [1.165, 1.54) is 30.3 Å². The molecule has 0 saturated carbocycles. The Kier molecular flexibility index (Phi) is 5.30. The second kappa shape index (κ2) is 6.97. The number of ether oxygens (including phenoxy) is 1. The van der Waals surface area contributed by atoms with Gasteiger partial charge in [-0.05, 0) is 24.3 Å². The first kappa shape index (κ1) is 19.8. The normalized spacial score (nSPS) is 12.4. The Balaban J connectivity index is 2.38. The molecule has 2 aromatic carbocycles. The van der Waals surface area contributed by atoms with Crippen LogP contribution >= 0.6 is 0 Å². The van der Waals surface area contributed by atoms with Crippen molar-refractivity contribution in [2.24, 2.45) is 0 Å². The fourth-order valence-electron chi connectivity index (χ4n) is 1.65. The van der Waals surface area contributed by atoms with Gasteiger partial charge >= 0.3 is 21.3 Å². The van der Waals surface area contributed by atoms with E-state index in [1.807, 2.05) is 0 Å². The molecule has 12 heteroatoms. The molecular weight excluding hydrogens is 398 g/mol. The summed E-state index contributed by atoms with van der Waals surface area (Å²) in [6, 6.07) is 11.1. The zero-order valence-electron chi connectivity index (χ0n) is 12.5. The molecule has 2 aromatic rings. The lowest BCUT2D eigenvalue weighted by atomic mass is 10.3. The molecule has 0 aromatic heterocycles. The summed E-state index contributed by atoms with van der Waals surface area (Å²) in [7, 11) is -11.0. The number of benzene rings is 2. The van der Waals surface area contributed by atoms with E-state index in [2.05, 4.69) is 4.74 Å². The van der Waals surface area contributed by atoms with Crippen LogP contribution in [0.4, 0.5) is 8.78 Å². The molecule has 0 saturated heterocycles. The molecule has 0 aliphatic heterocycles. The SMILES string of the molecule is O=C(Oc1ccccc1S(=O)(=O)Oc1ccccc1)C(F)(F)S(=O)(=O)[O-]. The molecule has 26 heavy (non-hydrogen) atoms. The number of halogens is 2. The fraction of sp³-hybridized carbons (Fsp3) is 0.0714. The molecule has 0 N–H and O–H groups in total. The average molecular weight is 407 g/mol.